The van der Waals surface area contributed by atoms with Crippen molar-refractivity contribution in [1.82, 2.24) is 0 Å². The van der Waals surface area contributed by atoms with Crippen molar-refractivity contribution in [1.29, 1.82) is 0 Å². The van der Waals surface area contributed by atoms with Gasteiger partial charge in [-0.2, -0.15) is 13.2 Å². The molecule has 2 fully saturated rings. The Morgan fingerprint density at radius 3 is 2.17 bits per heavy atom. The third-order valence-electron chi connectivity index (χ3n) is 5.11. The molecule has 1 aromatic carbocycles. The third kappa shape index (κ3) is 3.91. The molecule has 2 aliphatic rings. The third-order valence-corrected chi connectivity index (χ3v) is 5.11. The molecule has 1 aliphatic carbocycles. The topological polar surface area (TPSA) is 41.3 Å². The molecule has 0 spiro atoms. The van der Waals surface area contributed by atoms with Gasteiger partial charge in [0.25, 0.3) is 0 Å². The second-order valence-electron chi connectivity index (χ2n) is 6.70. The molecule has 0 amide bonds. The van der Waals surface area contributed by atoms with Crippen molar-refractivity contribution in [2.75, 3.05) is 23.3 Å². The molecule has 1 heterocycles. The van der Waals surface area contributed by atoms with E-state index in [0.29, 0.717) is 19.1 Å². The predicted molar refractivity (Wildman–Crippen MR) is 86.7 cm³/mol. The van der Waals surface area contributed by atoms with Gasteiger partial charge >= 0.3 is 6.18 Å². The zero-order valence-electron chi connectivity index (χ0n) is 13.1. The Hall–Kier alpha value is -1.43. The molecule has 3 nitrogen and oxygen atoms in total. The van der Waals surface area contributed by atoms with Gasteiger partial charge in [-0.25, -0.2) is 0 Å². The number of rotatable bonds is 3. The zero-order valence-corrected chi connectivity index (χ0v) is 13.1. The van der Waals surface area contributed by atoms with Crippen LogP contribution in [0.15, 0.2) is 24.3 Å². The Balaban J connectivity index is 1.56. The average molecular weight is 327 g/mol. The van der Waals surface area contributed by atoms with Gasteiger partial charge in [0.1, 0.15) is 0 Å². The molecule has 3 N–H and O–H groups in total. The monoisotopic (exact) mass is 327 g/mol. The summed E-state index contributed by atoms with van der Waals surface area (Å²) in [6.07, 6.45) is -0.385. The number of halogens is 3. The highest BCUT2D eigenvalue weighted by molar-refractivity contribution is 5.55. The van der Waals surface area contributed by atoms with Crippen LogP contribution in [0.4, 0.5) is 24.5 Å². The summed E-state index contributed by atoms with van der Waals surface area (Å²) in [5, 5.41) is 3.46. The number of piperidine rings is 1. The van der Waals surface area contributed by atoms with Gasteiger partial charge in [-0.15, -0.1) is 0 Å². The summed E-state index contributed by atoms with van der Waals surface area (Å²) in [6.45, 7) is 0.925. The first-order chi connectivity index (χ1) is 10.9. The number of benzene rings is 1. The number of nitrogens with one attached hydrogen (secondary N) is 1. The molecule has 1 saturated heterocycles. The smallest absolute Gasteiger partial charge is 0.381 e. The predicted octanol–water partition coefficient (Wildman–Crippen LogP) is 3.76. The van der Waals surface area contributed by atoms with E-state index in [4.69, 9.17) is 5.73 Å². The van der Waals surface area contributed by atoms with Crippen molar-refractivity contribution in [3.05, 3.63) is 24.3 Å². The lowest BCUT2D eigenvalue weighted by molar-refractivity contribution is -0.179. The summed E-state index contributed by atoms with van der Waals surface area (Å²) < 4.78 is 38.1. The minimum Gasteiger partial charge on any atom is -0.381 e. The fourth-order valence-electron chi connectivity index (χ4n) is 3.62. The molecular formula is C17H24F3N3. The number of alkyl halides is 3. The average Bonchev–Trinajstić information content (AvgIpc) is 2.93. The van der Waals surface area contributed by atoms with Crippen LogP contribution < -0.4 is 16.0 Å². The molecule has 0 aromatic heterocycles. The van der Waals surface area contributed by atoms with E-state index in [0.717, 1.165) is 30.6 Å². The molecule has 1 aromatic rings. The van der Waals surface area contributed by atoms with Crippen LogP contribution in [0.3, 0.4) is 0 Å². The number of nitrogens with two attached hydrogens (primary N) is 1. The Morgan fingerprint density at radius 1 is 1.00 bits per heavy atom. The van der Waals surface area contributed by atoms with Gasteiger partial charge in [-0.05, 0) is 56.4 Å². The minimum atomic E-state index is -4.06. The summed E-state index contributed by atoms with van der Waals surface area (Å²) in [6, 6.07) is 8.49. The summed E-state index contributed by atoms with van der Waals surface area (Å²) in [5.74, 6) is -1.15. The summed E-state index contributed by atoms with van der Waals surface area (Å²) >= 11 is 0. The molecule has 6 heteroatoms. The van der Waals surface area contributed by atoms with Gasteiger partial charge in [0, 0.05) is 36.5 Å². The fourth-order valence-corrected chi connectivity index (χ4v) is 3.62. The van der Waals surface area contributed by atoms with Gasteiger partial charge in [-0.1, -0.05) is 0 Å². The Labute approximate surface area is 135 Å². The van der Waals surface area contributed by atoms with Crippen LogP contribution in [0, 0.1) is 5.92 Å². The van der Waals surface area contributed by atoms with Crippen LogP contribution in [-0.2, 0) is 0 Å². The molecule has 3 rings (SSSR count). The van der Waals surface area contributed by atoms with E-state index in [1.54, 1.807) is 0 Å². The Morgan fingerprint density at radius 2 is 1.65 bits per heavy atom. The first kappa shape index (κ1) is 16.4. The second-order valence-corrected chi connectivity index (χ2v) is 6.70. The largest absolute Gasteiger partial charge is 0.391 e. The maximum absolute atomic E-state index is 12.7. The summed E-state index contributed by atoms with van der Waals surface area (Å²) in [5.41, 5.74) is 8.08. The van der Waals surface area contributed by atoms with Crippen LogP contribution in [0.1, 0.15) is 32.1 Å². The molecule has 0 bridgehead atoms. The highest BCUT2D eigenvalue weighted by Crippen LogP contribution is 2.35. The normalized spacial score (nSPS) is 26.5. The van der Waals surface area contributed by atoms with Gasteiger partial charge in [0.05, 0.1) is 5.92 Å². The highest BCUT2D eigenvalue weighted by atomic mass is 19.4. The molecule has 2 atom stereocenters. The van der Waals surface area contributed by atoms with Crippen LogP contribution in [-0.4, -0.2) is 31.3 Å². The molecule has 128 valence electrons. The highest BCUT2D eigenvalue weighted by Gasteiger charge is 2.41. The van der Waals surface area contributed by atoms with E-state index in [1.807, 2.05) is 29.2 Å². The molecule has 0 radical (unpaired) electrons. The molecule has 23 heavy (non-hydrogen) atoms. The van der Waals surface area contributed by atoms with E-state index in [2.05, 4.69) is 5.32 Å². The minimum absolute atomic E-state index is 0.181. The standard InChI is InChI=1S/C17H24F3N3/c18-17(19,20)12-8-10-23(11-9-12)14-6-4-13(5-7-14)22-16-3-1-2-15(16)21/h4-7,12,15-16,22H,1-3,8-11,21H2. The quantitative estimate of drug-likeness (QED) is 0.888. The number of anilines is 2. The molecular weight excluding hydrogens is 303 g/mol. The number of hydrogen-bond acceptors (Lipinski definition) is 3. The number of hydrogen-bond donors (Lipinski definition) is 2. The maximum atomic E-state index is 12.7. The van der Waals surface area contributed by atoms with Crippen molar-refractivity contribution in [3.63, 3.8) is 0 Å². The van der Waals surface area contributed by atoms with Crippen LogP contribution >= 0.6 is 0 Å². The van der Waals surface area contributed by atoms with E-state index in [1.165, 1.54) is 0 Å². The first-order valence-electron chi connectivity index (χ1n) is 8.37. The van der Waals surface area contributed by atoms with Crippen molar-refractivity contribution >= 4 is 11.4 Å². The van der Waals surface area contributed by atoms with Crippen molar-refractivity contribution in [2.24, 2.45) is 11.7 Å². The SMILES string of the molecule is NC1CCCC1Nc1ccc(N2CCC(C(F)(F)F)CC2)cc1. The van der Waals surface area contributed by atoms with E-state index in [-0.39, 0.29) is 18.9 Å². The lowest BCUT2D eigenvalue weighted by Gasteiger charge is -2.34. The maximum Gasteiger partial charge on any atom is 0.391 e. The lowest BCUT2D eigenvalue weighted by atomic mass is 9.96. The van der Waals surface area contributed by atoms with Gasteiger partial charge < -0.3 is 16.0 Å². The zero-order chi connectivity index (χ0) is 16.4. The first-order valence-corrected chi connectivity index (χ1v) is 8.37. The van der Waals surface area contributed by atoms with E-state index in [9.17, 15) is 13.2 Å². The fraction of sp³-hybridized carbons (Fsp3) is 0.647. The second kappa shape index (κ2) is 6.59. The number of nitrogens with zero attached hydrogens (tertiary/aromatic N) is 1. The van der Waals surface area contributed by atoms with Crippen LogP contribution in [0.2, 0.25) is 0 Å². The van der Waals surface area contributed by atoms with Crippen molar-refractivity contribution < 1.29 is 13.2 Å². The van der Waals surface area contributed by atoms with Gasteiger partial charge in [-0.3, -0.25) is 0 Å². The van der Waals surface area contributed by atoms with E-state index < -0.39 is 12.1 Å². The summed E-state index contributed by atoms with van der Waals surface area (Å²) in [7, 11) is 0. The molecule has 1 aliphatic heterocycles. The Kier molecular flexibility index (Phi) is 4.71. The summed E-state index contributed by atoms with van der Waals surface area (Å²) in [4.78, 5) is 2.04. The van der Waals surface area contributed by atoms with Crippen molar-refractivity contribution in [2.45, 2.75) is 50.4 Å². The lowest BCUT2D eigenvalue weighted by Crippen LogP contribution is -2.39. The van der Waals surface area contributed by atoms with E-state index >= 15 is 0 Å². The van der Waals surface area contributed by atoms with Crippen LogP contribution in [0.25, 0.3) is 0 Å². The Bertz CT molecular complexity index is 507. The molecule has 1 saturated carbocycles. The van der Waals surface area contributed by atoms with Crippen molar-refractivity contribution in [3.8, 4) is 0 Å². The van der Waals surface area contributed by atoms with Crippen LogP contribution in [0.5, 0.6) is 0 Å². The molecule has 2 unspecified atom stereocenters. The van der Waals surface area contributed by atoms with Gasteiger partial charge in [0.2, 0.25) is 0 Å². The van der Waals surface area contributed by atoms with Gasteiger partial charge in [0.15, 0.2) is 0 Å².